The van der Waals surface area contributed by atoms with Gasteiger partial charge in [-0.15, -0.1) is 0 Å². The number of carbonyl (C=O) groups is 1. The Labute approximate surface area is 130 Å². The number of ketones is 1. The van der Waals surface area contributed by atoms with Crippen molar-refractivity contribution in [3.8, 4) is 0 Å². The van der Waals surface area contributed by atoms with Crippen molar-refractivity contribution in [3.05, 3.63) is 77.5 Å². The fraction of sp³-hybridized carbons (Fsp3) is 0.0625. The minimum atomic E-state index is -0.432. The molecule has 3 aromatic rings. The number of nitrogens with one attached hydrogen (secondary N) is 1. The number of hydrogen-bond donors (Lipinski definition) is 2. The number of aliphatic hydroxyl groups is 1. The number of rotatable bonds is 5. The second kappa shape index (κ2) is 6.27. The summed E-state index contributed by atoms with van der Waals surface area (Å²) in [6.45, 7) is 0. The van der Waals surface area contributed by atoms with Gasteiger partial charge < -0.3 is 9.52 Å². The summed E-state index contributed by atoms with van der Waals surface area (Å²) >= 11 is 0. The highest BCUT2D eigenvalue weighted by molar-refractivity contribution is 6.08. The van der Waals surface area contributed by atoms with Crippen molar-refractivity contribution in [2.75, 3.05) is 0 Å². The van der Waals surface area contributed by atoms with Gasteiger partial charge in [0, 0.05) is 12.5 Å². The van der Waals surface area contributed by atoms with Gasteiger partial charge in [-0.1, -0.05) is 12.1 Å². The van der Waals surface area contributed by atoms with Gasteiger partial charge in [0.15, 0.2) is 11.5 Å². The lowest BCUT2D eigenvalue weighted by molar-refractivity contribution is 0.104. The molecular weight excluding hydrogens is 301 g/mol. The summed E-state index contributed by atoms with van der Waals surface area (Å²) in [5.74, 6) is -0.644. The van der Waals surface area contributed by atoms with Gasteiger partial charge in [0.05, 0.1) is 11.8 Å². The highest BCUT2D eigenvalue weighted by atomic mass is 19.1. The molecule has 23 heavy (non-hydrogen) atoms. The molecular formula is C16H12FN3O3. The number of halogens is 1. The zero-order chi connectivity index (χ0) is 16.2. The Hall–Kier alpha value is -3.22. The molecule has 0 aliphatic carbocycles. The standard InChI is InChI=1S/C16H12FN3O3/c17-11-3-1-10(2-4-11)7-15-12(5-6-23-15)13(21)8-14(22)16-18-9-19-20-16/h1-6,8-9,22H,7H2,(H,18,19,20). The van der Waals surface area contributed by atoms with Crippen LogP contribution in [0.5, 0.6) is 0 Å². The molecule has 6 nitrogen and oxygen atoms in total. The zero-order valence-electron chi connectivity index (χ0n) is 11.9. The molecule has 2 heterocycles. The van der Waals surface area contributed by atoms with Crippen LogP contribution in [-0.4, -0.2) is 26.1 Å². The van der Waals surface area contributed by atoms with Crippen LogP contribution < -0.4 is 0 Å². The molecule has 7 heteroatoms. The lowest BCUT2D eigenvalue weighted by Gasteiger charge is -2.01. The number of aromatic nitrogens is 3. The molecule has 0 amide bonds. The van der Waals surface area contributed by atoms with Crippen LogP contribution in [-0.2, 0) is 6.42 Å². The zero-order valence-corrected chi connectivity index (χ0v) is 11.9. The predicted octanol–water partition coefficient (Wildman–Crippen LogP) is 2.91. The third-order valence-corrected chi connectivity index (χ3v) is 3.20. The van der Waals surface area contributed by atoms with E-state index >= 15 is 0 Å². The van der Waals surface area contributed by atoms with Gasteiger partial charge in [-0.05, 0) is 23.8 Å². The molecule has 2 N–H and O–H groups in total. The summed E-state index contributed by atoms with van der Waals surface area (Å²) < 4.78 is 18.3. The number of aliphatic hydroxyl groups excluding tert-OH is 1. The SMILES string of the molecule is O=C(C=C(O)c1nc[nH]n1)c1ccoc1Cc1ccc(F)cc1. The number of H-pyrrole nitrogens is 1. The van der Waals surface area contributed by atoms with Crippen LogP contribution in [0.3, 0.4) is 0 Å². The number of benzene rings is 1. The molecule has 0 atom stereocenters. The van der Waals surface area contributed by atoms with Crippen molar-refractivity contribution < 1.29 is 18.7 Å². The van der Waals surface area contributed by atoms with E-state index in [-0.39, 0.29) is 17.4 Å². The van der Waals surface area contributed by atoms with E-state index in [1.807, 2.05) is 0 Å². The second-order valence-electron chi connectivity index (χ2n) is 4.78. The van der Waals surface area contributed by atoms with E-state index < -0.39 is 5.78 Å². The van der Waals surface area contributed by atoms with Gasteiger partial charge in [0.2, 0.25) is 5.82 Å². The number of nitrogens with zero attached hydrogens (tertiary/aromatic N) is 2. The van der Waals surface area contributed by atoms with Crippen molar-refractivity contribution in [1.29, 1.82) is 0 Å². The molecule has 0 radical (unpaired) electrons. The predicted molar refractivity (Wildman–Crippen MR) is 79.2 cm³/mol. The van der Waals surface area contributed by atoms with Gasteiger partial charge in [-0.3, -0.25) is 9.89 Å². The summed E-state index contributed by atoms with van der Waals surface area (Å²) in [5.41, 5.74) is 1.12. The van der Waals surface area contributed by atoms with Crippen LogP contribution in [0, 0.1) is 5.82 Å². The van der Waals surface area contributed by atoms with Crippen molar-refractivity contribution >= 4 is 11.5 Å². The molecule has 0 unspecified atom stereocenters. The third kappa shape index (κ3) is 3.34. The Morgan fingerprint density at radius 2 is 2.09 bits per heavy atom. The Bertz CT molecular complexity index is 836. The Kier molecular flexibility index (Phi) is 4.01. The van der Waals surface area contributed by atoms with Gasteiger partial charge in [-0.25, -0.2) is 9.37 Å². The average Bonchev–Trinajstić information content (AvgIpc) is 3.20. The van der Waals surface area contributed by atoms with E-state index in [9.17, 15) is 14.3 Å². The van der Waals surface area contributed by atoms with Crippen LogP contribution in [0.4, 0.5) is 4.39 Å². The van der Waals surface area contributed by atoms with Crippen molar-refractivity contribution in [3.63, 3.8) is 0 Å². The second-order valence-corrected chi connectivity index (χ2v) is 4.78. The third-order valence-electron chi connectivity index (χ3n) is 3.20. The first-order valence-electron chi connectivity index (χ1n) is 6.75. The minimum absolute atomic E-state index is 0.0296. The largest absolute Gasteiger partial charge is 0.504 e. The summed E-state index contributed by atoms with van der Waals surface area (Å²) in [4.78, 5) is 16.0. The van der Waals surface area contributed by atoms with E-state index in [1.165, 1.54) is 30.8 Å². The molecule has 0 saturated heterocycles. The lowest BCUT2D eigenvalue weighted by atomic mass is 10.0. The smallest absolute Gasteiger partial charge is 0.215 e. The lowest BCUT2D eigenvalue weighted by Crippen LogP contribution is -2.00. The summed E-state index contributed by atoms with van der Waals surface area (Å²) in [7, 11) is 0. The van der Waals surface area contributed by atoms with Crippen LogP contribution in [0.1, 0.15) is 27.5 Å². The van der Waals surface area contributed by atoms with Crippen LogP contribution >= 0.6 is 0 Å². The molecule has 2 aromatic heterocycles. The van der Waals surface area contributed by atoms with Crippen LogP contribution in [0.15, 0.2) is 53.4 Å². The van der Waals surface area contributed by atoms with Crippen LogP contribution in [0.2, 0.25) is 0 Å². The Balaban J connectivity index is 1.81. The fourth-order valence-corrected chi connectivity index (χ4v) is 2.08. The minimum Gasteiger partial charge on any atom is -0.504 e. The average molecular weight is 313 g/mol. The van der Waals surface area contributed by atoms with E-state index in [2.05, 4.69) is 15.2 Å². The maximum atomic E-state index is 12.9. The quantitative estimate of drug-likeness (QED) is 0.429. The van der Waals surface area contributed by atoms with Gasteiger partial charge in [0.25, 0.3) is 0 Å². The Morgan fingerprint density at radius 1 is 1.30 bits per heavy atom. The van der Waals surface area contributed by atoms with Crippen molar-refractivity contribution in [1.82, 2.24) is 15.2 Å². The van der Waals surface area contributed by atoms with Gasteiger partial charge in [-0.2, -0.15) is 5.10 Å². The van der Waals surface area contributed by atoms with Crippen molar-refractivity contribution in [2.45, 2.75) is 6.42 Å². The number of furan rings is 1. The molecule has 3 rings (SSSR count). The van der Waals surface area contributed by atoms with Crippen molar-refractivity contribution in [2.24, 2.45) is 0 Å². The monoisotopic (exact) mass is 313 g/mol. The molecule has 0 aliphatic rings. The van der Waals surface area contributed by atoms with E-state index in [1.54, 1.807) is 12.1 Å². The van der Waals surface area contributed by atoms with Crippen LogP contribution in [0.25, 0.3) is 5.76 Å². The summed E-state index contributed by atoms with van der Waals surface area (Å²) in [5, 5.41) is 15.9. The first kappa shape index (κ1) is 14.7. The maximum Gasteiger partial charge on any atom is 0.215 e. The van der Waals surface area contributed by atoms with Gasteiger partial charge in [0.1, 0.15) is 17.9 Å². The molecule has 1 aromatic carbocycles. The normalized spacial score (nSPS) is 11.6. The summed E-state index contributed by atoms with van der Waals surface area (Å²) in [6, 6.07) is 7.44. The maximum absolute atomic E-state index is 12.9. The summed E-state index contributed by atoms with van der Waals surface area (Å²) in [6.07, 6.45) is 4.05. The fourth-order valence-electron chi connectivity index (χ4n) is 2.08. The molecule has 116 valence electrons. The van der Waals surface area contributed by atoms with Gasteiger partial charge >= 0.3 is 0 Å². The first-order valence-corrected chi connectivity index (χ1v) is 6.75. The highest BCUT2D eigenvalue weighted by Crippen LogP contribution is 2.18. The van der Waals surface area contributed by atoms with E-state index in [0.717, 1.165) is 11.6 Å². The highest BCUT2D eigenvalue weighted by Gasteiger charge is 2.15. The van der Waals surface area contributed by atoms with E-state index in [0.29, 0.717) is 17.7 Å². The molecule has 0 aliphatic heterocycles. The Morgan fingerprint density at radius 3 is 2.78 bits per heavy atom. The number of carbonyl (C=O) groups excluding carboxylic acids is 1. The molecule has 0 spiro atoms. The molecule has 0 saturated carbocycles. The molecule has 0 fully saturated rings. The topological polar surface area (TPSA) is 92.0 Å². The number of allylic oxidation sites excluding steroid dienone is 1. The van der Waals surface area contributed by atoms with E-state index in [4.69, 9.17) is 4.42 Å². The molecule has 0 bridgehead atoms. The first-order chi connectivity index (χ1) is 11.1. The number of aromatic amines is 1. The number of hydrogen-bond acceptors (Lipinski definition) is 5.